The first-order valence-electron chi connectivity index (χ1n) is 6.01. The molecule has 1 aromatic heterocycles. The van der Waals surface area contributed by atoms with Crippen LogP contribution in [0.4, 0.5) is 0 Å². The second kappa shape index (κ2) is 4.91. The van der Waals surface area contributed by atoms with Gasteiger partial charge in [-0.25, -0.2) is 0 Å². The molecule has 0 radical (unpaired) electrons. The molecule has 0 atom stereocenters. The maximum atomic E-state index is 10.8. The maximum Gasteiger partial charge on any atom is 0.216 e. The zero-order valence-electron chi connectivity index (χ0n) is 11.0. The third-order valence-electron chi connectivity index (χ3n) is 2.63. The SMILES string of the molecule is [2H]c1c(OC)ccc2[nH]cc(CCNC(C)=O)c12. The van der Waals surface area contributed by atoms with Gasteiger partial charge in [0.05, 0.1) is 8.48 Å². The molecule has 90 valence electrons. The summed E-state index contributed by atoms with van der Waals surface area (Å²) in [7, 11) is 1.56. The molecule has 0 spiro atoms. The number of methoxy groups -OCH3 is 1. The predicted molar refractivity (Wildman–Crippen MR) is 67.2 cm³/mol. The molecular formula is C13H16N2O2. The number of H-pyrrole nitrogens is 1. The third kappa shape index (κ3) is 2.58. The Morgan fingerprint density at radius 2 is 2.41 bits per heavy atom. The van der Waals surface area contributed by atoms with E-state index < -0.39 is 0 Å². The number of hydrogen-bond donors (Lipinski definition) is 2. The summed E-state index contributed by atoms with van der Waals surface area (Å²) in [6.45, 7) is 2.06. The van der Waals surface area contributed by atoms with Crippen LogP contribution in [0.25, 0.3) is 10.9 Å². The summed E-state index contributed by atoms with van der Waals surface area (Å²) in [5.41, 5.74) is 1.93. The summed E-state index contributed by atoms with van der Waals surface area (Å²) < 4.78 is 13.2. The largest absolute Gasteiger partial charge is 0.497 e. The Hall–Kier alpha value is -1.97. The van der Waals surface area contributed by atoms with Crippen molar-refractivity contribution in [3.63, 3.8) is 0 Å². The molecule has 1 aromatic carbocycles. The number of hydrogen-bond acceptors (Lipinski definition) is 2. The number of amides is 1. The van der Waals surface area contributed by atoms with Gasteiger partial charge in [0.25, 0.3) is 0 Å². The second-order valence-electron chi connectivity index (χ2n) is 3.86. The van der Waals surface area contributed by atoms with E-state index in [1.165, 1.54) is 6.92 Å². The fraction of sp³-hybridized carbons (Fsp3) is 0.308. The number of nitrogens with one attached hydrogen (secondary N) is 2. The first-order chi connectivity index (χ1) is 8.63. The Labute approximate surface area is 101 Å². The molecule has 0 bridgehead atoms. The maximum absolute atomic E-state index is 10.8. The quantitative estimate of drug-likeness (QED) is 0.846. The highest BCUT2D eigenvalue weighted by Crippen LogP contribution is 2.23. The van der Waals surface area contributed by atoms with Gasteiger partial charge in [0.15, 0.2) is 0 Å². The van der Waals surface area contributed by atoms with Gasteiger partial charge in [-0.1, -0.05) is 0 Å². The highest BCUT2D eigenvalue weighted by Gasteiger charge is 2.05. The van der Waals surface area contributed by atoms with Crippen LogP contribution in [-0.4, -0.2) is 24.5 Å². The lowest BCUT2D eigenvalue weighted by Gasteiger charge is -2.03. The lowest BCUT2D eigenvalue weighted by molar-refractivity contribution is -0.118. The molecule has 0 saturated carbocycles. The lowest BCUT2D eigenvalue weighted by atomic mass is 10.1. The van der Waals surface area contributed by atoms with E-state index >= 15 is 0 Å². The van der Waals surface area contributed by atoms with Crippen molar-refractivity contribution >= 4 is 16.8 Å². The number of carbonyl (C=O) groups is 1. The van der Waals surface area contributed by atoms with Crippen molar-refractivity contribution < 1.29 is 10.9 Å². The van der Waals surface area contributed by atoms with Crippen molar-refractivity contribution in [3.05, 3.63) is 29.9 Å². The number of carbonyl (C=O) groups excluding carboxylic acids is 1. The van der Waals surface area contributed by atoms with Gasteiger partial charge in [-0.15, -0.1) is 0 Å². The molecule has 17 heavy (non-hydrogen) atoms. The molecule has 2 aromatic rings. The Balaban J connectivity index is 2.30. The van der Waals surface area contributed by atoms with Crippen LogP contribution in [0, 0.1) is 0 Å². The summed E-state index contributed by atoms with van der Waals surface area (Å²) in [5.74, 6) is 0.515. The molecule has 4 heteroatoms. The van der Waals surface area contributed by atoms with Crippen molar-refractivity contribution in [3.8, 4) is 5.75 Å². The zero-order chi connectivity index (χ0) is 13.1. The van der Waals surface area contributed by atoms with Crippen molar-refractivity contribution in [2.24, 2.45) is 0 Å². The van der Waals surface area contributed by atoms with Crippen LogP contribution in [-0.2, 0) is 11.2 Å². The first-order valence-corrected chi connectivity index (χ1v) is 5.51. The lowest BCUT2D eigenvalue weighted by Crippen LogP contribution is -2.22. The summed E-state index contributed by atoms with van der Waals surface area (Å²) in [6.07, 6.45) is 2.57. The molecular weight excluding hydrogens is 216 g/mol. The van der Waals surface area contributed by atoms with E-state index in [1.54, 1.807) is 13.2 Å². The molecule has 4 nitrogen and oxygen atoms in total. The number of aromatic amines is 1. The summed E-state index contributed by atoms with van der Waals surface area (Å²) in [5, 5.41) is 3.61. The molecule has 1 amide bonds. The number of benzene rings is 1. The van der Waals surface area contributed by atoms with E-state index in [9.17, 15) is 4.79 Å². The molecule has 0 aliphatic carbocycles. The van der Waals surface area contributed by atoms with Crippen LogP contribution in [0.2, 0.25) is 0 Å². The highest BCUT2D eigenvalue weighted by molar-refractivity contribution is 5.84. The van der Waals surface area contributed by atoms with Gasteiger partial charge in [0.1, 0.15) is 5.75 Å². The van der Waals surface area contributed by atoms with Gasteiger partial charge in [-0.2, -0.15) is 0 Å². The van der Waals surface area contributed by atoms with Crippen LogP contribution in [0.1, 0.15) is 13.9 Å². The van der Waals surface area contributed by atoms with Crippen LogP contribution in [0.3, 0.4) is 0 Å². The van der Waals surface area contributed by atoms with E-state index in [-0.39, 0.29) is 5.91 Å². The molecule has 1 heterocycles. The standard InChI is InChI=1S/C13H16N2O2/c1-9(16)14-6-5-10-8-15-13-4-3-11(17-2)7-12(10)13/h3-4,7-8,15H,5-6H2,1-2H3,(H,14,16)/i7D. The highest BCUT2D eigenvalue weighted by atomic mass is 16.5. The smallest absolute Gasteiger partial charge is 0.216 e. The molecule has 2 rings (SSSR count). The molecule has 0 aliphatic rings. The number of rotatable bonds is 4. The van der Waals surface area contributed by atoms with Crippen LogP contribution < -0.4 is 10.1 Å². The molecule has 0 unspecified atom stereocenters. The molecule has 0 fully saturated rings. The Kier molecular flexibility index (Phi) is 2.95. The van der Waals surface area contributed by atoms with Crippen molar-refractivity contribution in [2.45, 2.75) is 13.3 Å². The minimum atomic E-state index is -0.0430. The Morgan fingerprint density at radius 3 is 3.12 bits per heavy atom. The van der Waals surface area contributed by atoms with Crippen molar-refractivity contribution in [1.82, 2.24) is 10.3 Å². The average molecular weight is 233 g/mol. The van der Waals surface area contributed by atoms with Gasteiger partial charge < -0.3 is 15.0 Å². The monoisotopic (exact) mass is 233 g/mol. The first kappa shape index (κ1) is 10.2. The third-order valence-corrected chi connectivity index (χ3v) is 2.63. The van der Waals surface area contributed by atoms with Gasteiger partial charge in [-0.05, 0) is 30.2 Å². The van der Waals surface area contributed by atoms with Gasteiger partial charge in [0.2, 0.25) is 5.91 Å². The van der Waals surface area contributed by atoms with Crippen molar-refractivity contribution in [2.75, 3.05) is 13.7 Å². The Morgan fingerprint density at radius 1 is 1.59 bits per heavy atom. The van der Waals surface area contributed by atoms with E-state index in [2.05, 4.69) is 10.3 Å². The normalized spacial score (nSPS) is 11.3. The van der Waals surface area contributed by atoms with Crippen LogP contribution in [0.5, 0.6) is 5.75 Å². The second-order valence-corrected chi connectivity index (χ2v) is 3.86. The van der Waals surface area contributed by atoms with Gasteiger partial charge in [0, 0.05) is 30.6 Å². The fourth-order valence-corrected chi connectivity index (χ4v) is 1.77. The summed E-state index contributed by atoms with van der Waals surface area (Å²) >= 11 is 0. The average Bonchev–Trinajstić information content (AvgIpc) is 2.73. The fourth-order valence-electron chi connectivity index (χ4n) is 1.77. The topological polar surface area (TPSA) is 54.1 Å². The van der Waals surface area contributed by atoms with E-state index in [1.807, 2.05) is 12.3 Å². The van der Waals surface area contributed by atoms with E-state index in [0.29, 0.717) is 24.8 Å². The molecule has 2 N–H and O–H groups in total. The zero-order valence-corrected chi connectivity index (χ0v) is 9.96. The summed E-state index contributed by atoms with van der Waals surface area (Å²) in [4.78, 5) is 14.0. The number of fused-ring (bicyclic) bond motifs is 1. The minimum absolute atomic E-state index is 0.0430. The number of ether oxygens (including phenoxy) is 1. The number of aromatic nitrogens is 1. The Bertz CT molecular complexity index is 578. The summed E-state index contributed by atoms with van der Waals surface area (Å²) in [6, 6.07) is 4.06. The van der Waals surface area contributed by atoms with E-state index in [4.69, 9.17) is 6.11 Å². The van der Waals surface area contributed by atoms with E-state index in [0.717, 1.165) is 16.5 Å². The minimum Gasteiger partial charge on any atom is -0.497 e. The molecule has 0 aliphatic heterocycles. The van der Waals surface area contributed by atoms with Gasteiger partial charge in [-0.3, -0.25) is 4.79 Å². The molecule has 0 saturated heterocycles. The van der Waals surface area contributed by atoms with Gasteiger partial charge >= 0.3 is 0 Å². The van der Waals surface area contributed by atoms with Crippen molar-refractivity contribution in [1.29, 1.82) is 0 Å². The van der Waals surface area contributed by atoms with Crippen LogP contribution >= 0.6 is 0 Å². The predicted octanol–water partition coefficient (Wildman–Crippen LogP) is 1.86. The van der Waals surface area contributed by atoms with Crippen LogP contribution in [0.15, 0.2) is 24.4 Å².